The van der Waals surface area contributed by atoms with Crippen LogP contribution in [-0.4, -0.2) is 15.8 Å². The molecule has 0 bridgehead atoms. The zero-order valence-corrected chi connectivity index (χ0v) is 16.2. The molecule has 3 rings (SSSR count). The maximum Gasteiger partial charge on any atom is 0.435 e. The van der Waals surface area contributed by atoms with Crippen molar-refractivity contribution in [2.45, 2.75) is 26.2 Å². The second-order valence-corrected chi connectivity index (χ2v) is 6.82. The fourth-order valence-corrected chi connectivity index (χ4v) is 2.94. The lowest BCUT2D eigenvalue weighted by molar-refractivity contribution is -0.143. The molecule has 1 aromatic heterocycles. The first kappa shape index (κ1) is 22.2. The van der Waals surface area contributed by atoms with Crippen LogP contribution >= 0.6 is 0 Å². The van der Waals surface area contributed by atoms with Crippen LogP contribution in [0.25, 0.3) is 5.69 Å². The van der Waals surface area contributed by atoms with E-state index in [1.807, 2.05) is 19.9 Å². The number of anilines is 2. The monoisotopic (exact) mass is 442 g/mol. The van der Waals surface area contributed by atoms with Crippen molar-refractivity contribution in [2.75, 3.05) is 10.6 Å². The van der Waals surface area contributed by atoms with Crippen molar-refractivity contribution in [3.63, 3.8) is 0 Å². The van der Waals surface area contributed by atoms with Gasteiger partial charge < -0.3 is 10.6 Å². The Kier molecular flexibility index (Phi) is 5.70. The maximum absolute atomic E-state index is 13.2. The number of hydrogen-bond donors (Lipinski definition) is 2. The van der Waals surface area contributed by atoms with Crippen molar-refractivity contribution in [3.05, 3.63) is 71.0 Å². The van der Waals surface area contributed by atoms with Crippen molar-refractivity contribution < 1.29 is 31.1 Å². The molecule has 0 aliphatic rings. The number of halogens is 6. The Hall–Kier alpha value is -3.50. The lowest BCUT2D eigenvalue weighted by Gasteiger charge is -2.12. The molecule has 0 saturated carbocycles. The number of benzene rings is 2. The second kappa shape index (κ2) is 7.97. The molecule has 0 spiro atoms. The van der Waals surface area contributed by atoms with Crippen LogP contribution in [0.3, 0.4) is 0 Å². The predicted octanol–water partition coefficient (Wildman–Crippen LogP) is 6.17. The number of alkyl halides is 6. The Morgan fingerprint density at radius 3 is 1.87 bits per heavy atom. The standard InChI is InChI=1S/C20H16F6N4O/c1-11-7-12(2)9-14(8-11)28-18(31)27-13-3-5-15(6-4-13)30-17(20(24,25)26)10-16(29-30)19(21,22)23/h3-10H,1-2H3,(H2,27,28,31). The van der Waals surface area contributed by atoms with Gasteiger partial charge in [0, 0.05) is 17.4 Å². The van der Waals surface area contributed by atoms with Gasteiger partial charge in [0.25, 0.3) is 0 Å². The zero-order chi connectivity index (χ0) is 23.0. The normalized spacial score (nSPS) is 12.0. The lowest BCUT2D eigenvalue weighted by Crippen LogP contribution is -2.19. The first-order valence-corrected chi connectivity index (χ1v) is 8.84. The van der Waals surface area contributed by atoms with Crippen molar-refractivity contribution in [1.82, 2.24) is 9.78 Å². The Balaban J connectivity index is 1.80. The zero-order valence-electron chi connectivity index (χ0n) is 16.2. The van der Waals surface area contributed by atoms with Gasteiger partial charge in [0.1, 0.15) is 5.69 Å². The molecule has 2 amide bonds. The number of carbonyl (C=O) groups excluding carboxylic acids is 1. The highest BCUT2D eigenvalue weighted by Crippen LogP contribution is 2.36. The molecule has 0 aliphatic heterocycles. The van der Waals surface area contributed by atoms with Crippen molar-refractivity contribution in [2.24, 2.45) is 0 Å². The number of urea groups is 1. The molecule has 0 saturated heterocycles. The molecule has 11 heteroatoms. The quantitative estimate of drug-likeness (QED) is 0.477. The van der Waals surface area contributed by atoms with E-state index in [1.165, 1.54) is 12.1 Å². The molecule has 0 fully saturated rings. The largest absolute Gasteiger partial charge is 0.435 e. The van der Waals surface area contributed by atoms with Crippen molar-refractivity contribution in [1.29, 1.82) is 0 Å². The first-order chi connectivity index (χ1) is 14.3. The molecule has 0 unspecified atom stereocenters. The first-order valence-electron chi connectivity index (χ1n) is 8.84. The minimum absolute atomic E-state index is 0.0521. The number of carbonyl (C=O) groups is 1. The Morgan fingerprint density at radius 2 is 1.35 bits per heavy atom. The van der Waals surface area contributed by atoms with Crippen LogP contribution in [0.2, 0.25) is 0 Å². The summed E-state index contributed by atoms with van der Waals surface area (Å²) in [4.78, 5) is 12.1. The van der Waals surface area contributed by atoms with Crippen LogP contribution in [-0.2, 0) is 12.4 Å². The van der Waals surface area contributed by atoms with E-state index in [0.29, 0.717) is 5.69 Å². The minimum Gasteiger partial charge on any atom is -0.308 e. The highest BCUT2D eigenvalue weighted by atomic mass is 19.4. The number of nitrogens with zero attached hydrogens (tertiary/aromatic N) is 2. The van der Waals surface area contributed by atoms with Crippen LogP contribution < -0.4 is 10.6 Å². The van der Waals surface area contributed by atoms with Gasteiger partial charge in [0.2, 0.25) is 0 Å². The third-order valence-corrected chi connectivity index (χ3v) is 4.14. The molecule has 31 heavy (non-hydrogen) atoms. The van der Waals surface area contributed by atoms with E-state index >= 15 is 0 Å². The van der Waals surface area contributed by atoms with Crippen LogP contribution in [0.15, 0.2) is 48.5 Å². The number of amides is 2. The van der Waals surface area contributed by atoms with E-state index in [-0.39, 0.29) is 22.1 Å². The van der Waals surface area contributed by atoms with E-state index in [4.69, 9.17) is 0 Å². The highest BCUT2D eigenvalue weighted by Gasteiger charge is 2.42. The molecule has 2 N–H and O–H groups in total. The van der Waals surface area contributed by atoms with Crippen LogP contribution in [0.5, 0.6) is 0 Å². The number of aromatic nitrogens is 2. The molecule has 3 aromatic rings. The third kappa shape index (κ3) is 5.36. The summed E-state index contributed by atoms with van der Waals surface area (Å²) in [6.45, 7) is 3.73. The molecule has 0 atom stereocenters. The summed E-state index contributed by atoms with van der Waals surface area (Å²) >= 11 is 0. The molecular weight excluding hydrogens is 426 g/mol. The Bertz CT molecular complexity index is 1080. The predicted molar refractivity (Wildman–Crippen MR) is 102 cm³/mol. The summed E-state index contributed by atoms with van der Waals surface area (Å²) in [5, 5.41) is 8.18. The van der Waals surface area contributed by atoms with E-state index in [9.17, 15) is 31.1 Å². The topological polar surface area (TPSA) is 59.0 Å². The fourth-order valence-electron chi connectivity index (χ4n) is 2.94. The molecule has 164 valence electrons. The molecule has 0 radical (unpaired) electrons. The van der Waals surface area contributed by atoms with E-state index < -0.39 is 29.8 Å². The van der Waals surface area contributed by atoms with Gasteiger partial charge in [-0.2, -0.15) is 31.4 Å². The highest BCUT2D eigenvalue weighted by molar-refractivity contribution is 5.99. The van der Waals surface area contributed by atoms with Gasteiger partial charge in [-0.1, -0.05) is 6.07 Å². The number of rotatable bonds is 3. The van der Waals surface area contributed by atoms with Crippen LogP contribution in [0, 0.1) is 13.8 Å². The Morgan fingerprint density at radius 1 is 0.806 bits per heavy atom. The van der Waals surface area contributed by atoms with Crippen LogP contribution in [0.4, 0.5) is 42.5 Å². The fraction of sp³-hybridized carbons (Fsp3) is 0.200. The van der Waals surface area contributed by atoms with Gasteiger partial charge in [0.15, 0.2) is 5.69 Å². The van der Waals surface area contributed by atoms with Gasteiger partial charge >= 0.3 is 18.4 Å². The summed E-state index contributed by atoms with van der Waals surface area (Å²) in [6, 6.07) is 9.54. The van der Waals surface area contributed by atoms with Gasteiger partial charge in [-0.25, -0.2) is 9.48 Å². The van der Waals surface area contributed by atoms with Gasteiger partial charge in [0.05, 0.1) is 5.69 Å². The number of hydrogen-bond acceptors (Lipinski definition) is 2. The summed E-state index contributed by atoms with van der Waals surface area (Å²) < 4.78 is 78.1. The molecular formula is C20H16F6N4O. The maximum atomic E-state index is 13.2. The summed E-state index contributed by atoms with van der Waals surface area (Å²) in [5.41, 5.74) is -0.804. The van der Waals surface area contributed by atoms with E-state index in [1.54, 1.807) is 12.1 Å². The molecule has 2 aromatic carbocycles. The SMILES string of the molecule is Cc1cc(C)cc(NC(=O)Nc2ccc(-n3nc(C(F)(F)F)cc3C(F)(F)F)cc2)c1. The van der Waals surface area contributed by atoms with Crippen molar-refractivity contribution >= 4 is 17.4 Å². The Labute approximate surface area is 172 Å². The van der Waals surface area contributed by atoms with E-state index in [2.05, 4.69) is 15.7 Å². The van der Waals surface area contributed by atoms with E-state index in [0.717, 1.165) is 23.3 Å². The van der Waals surface area contributed by atoms with Gasteiger partial charge in [-0.15, -0.1) is 0 Å². The number of nitrogens with one attached hydrogen (secondary N) is 2. The lowest BCUT2D eigenvalue weighted by atomic mass is 10.1. The van der Waals surface area contributed by atoms with Gasteiger partial charge in [-0.3, -0.25) is 0 Å². The molecule has 1 heterocycles. The molecule has 5 nitrogen and oxygen atoms in total. The number of aryl methyl sites for hydroxylation is 2. The third-order valence-electron chi connectivity index (χ3n) is 4.14. The smallest absolute Gasteiger partial charge is 0.308 e. The average Bonchev–Trinajstić information content (AvgIpc) is 3.07. The summed E-state index contributed by atoms with van der Waals surface area (Å²) in [5.74, 6) is 0. The summed E-state index contributed by atoms with van der Waals surface area (Å²) in [6.07, 6.45) is -10.1. The molecule has 0 aliphatic carbocycles. The second-order valence-electron chi connectivity index (χ2n) is 6.82. The van der Waals surface area contributed by atoms with Gasteiger partial charge in [-0.05, 0) is 61.4 Å². The van der Waals surface area contributed by atoms with Crippen LogP contribution in [0.1, 0.15) is 22.5 Å². The average molecular weight is 442 g/mol. The minimum atomic E-state index is -5.04. The summed E-state index contributed by atoms with van der Waals surface area (Å²) in [7, 11) is 0. The van der Waals surface area contributed by atoms with Crippen molar-refractivity contribution in [3.8, 4) is 5.69 Å².